The summed E-state index contributed by atoms with van der Waals surface area (Å²) in [5, 5.41) is 1.99. The van der Waals surface area contributed by atoms with Crippen molar-refractivity contribution < 1.29 is 9.59 Å². The van der Waals surface area contributed by atoms with Gasteiger partial charge in [0.2, 0.25) is 5.91 Å². The summed E-state index contributed by atoms with van der Waals surface area (Å²) in [6, 6.07) is 14.9. The van der Waals surface area contributed by atoms with Gasteiger partial charge < -0.3 is 4.90 Å². The van der Waals surface area contributed by atoms with E-state index in [0.29, 0.717) is 23.0 Å². The monoisotopic (exact) mass is 367 g/mol. The van der Waals surface area contributed by atoms with E-state index in [0.717, 1.165) is 18.5 Å². The molecule has 0 unspecified atom stereocenters. The number of aryl methyl sites for hydroxylation is 1. The lowest BCUT2D eigenvalue weighted by atomic mass is 10.0. The van der Waals surface area contributed by atoms with Gasteiger partial charge in [0.1, 0.15) is 5.70 Å². The molecule has 5 nitrogen and oxygen atoms in total. The molecule has 26 heavy (non-hydrogen) atoms. The molecule has 2 aliphatic rings. The maximum Gasteiger partial charge on any atom is 0.275 e. The average Bonchev–Trinajstić information content (AvgIpc) is 2.68. The predicted molar refractivity (Wildman–Crippen MR) is 102 cm³/mol. The summed E-state index contributed by atoms with van der Waals surface area (Å²) in [5.41, 5.74) is 6.16. The molecule has 2 heterocycles. The van der Waals surface area contributed by atoms with Gasteiger partial charge in [0, 0.05) is 23.7 Å². The molecule has 0 bridgehead atoms. The van der Waals surface area contributed by atoms with E-state index in [-0.39, 0.29) is 18.2 Å². The van der Waals surface area contributed by atoms with Crippen LogP contribution in [-0.4, -0.2) is 18.4 Å². The molecule has 0 saturated carbocycles. The Bertz CT molecular complexity index is 892. The van der Waals surface area contributed by atoms with E-state index >= 15 is 0 Å². The number of hydrogen-bond donors (Lipinski definition) is 1. The van der Waals surface area contributed by atoms with E-state index in [1.807, 2.05) is 18.2 Å². The molecule has 0 radical (unpaired) electrons. The molecule has 0 saturated heterocycles. The van der Waals surface area contributed by atoms with Gasteiger partial charge in [-0.05, 0) is 54.8 Å². The SMILES string of the molecule is O=C(C1=CCC(=O)N(c2ccc(Cl)cc2)N1)N1CCCc2ccccc21. The first-order valence-electron chi connectivity index (χ1n) is 8.58. The zero-order chi connectivity index (χ0) is 18.1. The summed E-state index contributed by atoms with van der Waals surface area (Å²) in [4.78, 5) is 27.2. The molecule has 2 aromatic rings. The van der Waals surface area contributed by atoms with Crippen LogP contribution in [0.15, 0.2) is 60.3 Å². The summed E-state index contributed by atoms with van der Waals surface area (Å²) >= 11 is 5.92. The number of fused-ring (bicyclic) bond motifs is 1. The highest BCUT2D eigenvalue weighted by Gasteiger charge is 2.29. The number of halogens is 1. The zero-order valence-corrected chi connectivity index (χ0v) is 14.9. The van der Waals surface area contributed by atoms with Crippen LogP contribution in [0.25, 0.3) is 0 Å². The van der Waals surface area contributed by atoms with Crippen molar-refractivity contribution in [1.29, 1.82) is 0 Å². The summed E-state index contributed by atoms with van der Waals surface area (Å²) in [6.45, 7) is 0.670. The van der Waals surface area contributed by atoms with Crippen molar-refractivity contribution in [1.82, 2.24) is 5.43 Å². The van der Waals surface area contributed by atoms with Gasteiger partial charge in [-0.15, -0.1) is 0 Å². The number of benzene rings is 2. The Morgan fingerprint density at radius 1 is 1.08 bits per heavy atom. The van der Waals surface area contributed by atoms with E-state index in [1.165, 1.54) is 10.6 Å². The fraction of sp³-hybridized carbons (Fsp3) is 0.200. The predicted octanol–water partition coefficient (Wildman–Crippen LogP) is 3.44. The molecule has 2 aliphatic heterocycles. The normalized spacial score (nSPS) is 16.7. The van der Waals surface area contributed by atoms with Crippen LogP contribution in [0, 0.1) is 0 Å². The van der Waals surface area contributed by atoms with E-state index in [4.69, 9.17) is 11.6 Å². The number of hydrogen-bond acceptors (Lipinski definition) is 3. The molecule has 4 rings (SSSR count). The molecule has 132 valence electrons. The fourth-order valence-electron chi connectivity index (χ4n) is 3.33. The van der Waals surface area contributed by atoms with Crippen LogP contribution in [0.3, 0.4) is 0 Å². The third kappa shape index (κ3) is 3.06. The van der Waals surface area contributed by atoms with Crippen LogP contribution < -0.4 is 15.3 Å². The first-order chi connectivity index (χ1) is 12.6. The maximum absolute atomic E-state index is 13.1. The van der Waals surface area contributed by atoms with Crippen molar-refractivity contribution in [2.45, 2.75) is 19.3 Å². The van der Waals surface area contributed by atoms with Gasteiger partial charge in [0.15, 0.2) is 0 Å². The topological polar surface area (TPSA) is 52.7 Å². The zero-order valence-electron chi connectivity index (χ0n) is 14.1. The molecule has 2 aromatic carbocycles. The smallest absolute Gasteiger partial charge is 0.275 e. The second kappa shape index (κ2) is 6.84. The number of anilines is 2. The first-order valence-corrected chi connectivity index (χ1v) is 8.96. The Hall–Kier alpha value is -2.79. The molecule has 2 amide bonds. The van der Waals surface area contributed by atoms with E-state index < -0.39 is 0 Å². The number of nitrogens with zero attached hydrogens (tertiary/aromatic N) is 2. The van der Waals surface area contributed by atoms with Crippen molar-refractivity contribution in [3.8, 4) is 0 Å². The fourth-order valence-corrected chi connectivity index (χ4v) is 3.46. The third-order valence-corrected chi connectivity index (χ3v) is 4.89. The molecule has 0 aliphatic carbocycles. The van der Waals surface area contributed by atoms with Crippen LogP contribution in [-0.2, 0) is 16.0 Å². The number of para-hydroxylation sites is 1. The van der Waals surface area contributed by atoms with Crippen LogP contribution in [0.2, 0.25) is 5.02 Å². The van der Waals surface area contributed by atoms with E-state index in [2.05, 4.69) is 11.5 Å². The number of nitrogens with one attached hydrogen (secondary N) is 1. The van der Waals surface area contributed by atoms with Crippen molar-refractivity contribution in [3.05, 3.63) is 70.9 Å². The number of hydrazine groups is 1. The number of carbonyl (C=O) groups is 2. The van der Waals surface area contributed by atoms with Gasteiger partial charge in [-0.1, -0.05) is 29.8 Å². The minimum absolute atomic E-state index is 0.122. The van der Waals surface area contributed by atoms with Gasteiger partial charge in [0.25, 0.3) is 5.91 Å². The highest BCUT2D eigenvalue weighted by molar-refractivity contribution is 6.30. The highest BCUT2D eigenvalue weighted by atomic mass is 35.5. The Morgan fingerprint density at radius 2 is 1.85 bits per heavy atom. The maximum atomic E-state index is 13.1. The minimum Gasteiger partial charge on any atom is -0.307 e. The molecular weight excluding hydrogens is 350 g/mol. The lowest BCUT2D eigenvalue weighted by molar-refractivity contribution is -0.119. The molecule has 1 N–H and O–H groups in total. The lowest BCUT2D eigenvalue weighted by Gasteiger charge is -2.34. The van der Waals surface area contributed by atoms with Crippen molar-refractivity contribution in [2.75, 3.05) is 16.5 Å². The molecular formula is C20H18ClN3O2. The number of carbonyl (C=O) groups excluding carboxylic acids is 2. The molecule has 0 fully saturated rings. The molecule has 0 atom stereocenters. The largest absolute Gasteiger partial charge is 0.307 e. The van der Waals surface area contributed by atoms with Gasteiger partial charge >= 0.3 is 0 Å². The number of rotatable bonds is 2. The van der Waals surface area contributed by atoms with Crippen LogP contribution in [0.4, 0.5) is 11.4 Å². The third-order valence-electron chi connectivity index (χ3n) is 4.63. The van der Waals surface area contributed by atoms with Crippen molar-refractivity contribution in [2.24, 2.45) is 0 Å². The second-order valence-electron chi connectivity index (χ2n) is 6.33. The Morgan fingerprint density at radius 3 is 2.65 bits per heavy atom. The quantitative estimate of drug-likeness (QED) is 0.884. The van der Waals surface area contributed by atoms with Gasteiger partial charge in [-0.2, -0.15) is 0 Å². The lowest BCUT2D eigenvalue weighted by Crippen LogP contribution is -2.50. The van der Waals surface area contributed by atoms with Gasteiger partial charge in [-0.3, -0.25) is 15.0 Å². The van der Waals surface area contributed by atoms with Crippen LogP contribution in [0.5, 0.6) is 0 Å². The molecule has 0 spiro atoms. The Balaban J connectivity index is 1.59. The molecule has 0 aromatic heterocycles. The van der Waals surface area contributed by atoms with Crippen LogP contribution in [0.1, 0.15) is 18.4 Å². The van der Waals surface area contributed by atoms with Gasteiger partial charge in [-0.25, -0.2) is 5.01 Å². The number of amides is 2. The van der Waals surface area contributed by atoms with Crippen LogP contribution >= 0.6 is 11.6 Å². The summed E-state index contributed by atoms with van der Waals surface area (Å²) < 4.78 is 0. The summed E-state index contributed by atoms with van der Waals surface area (Å²) in [6.07, 6.45) is 3.73. The van der Waals surface area contributed by atoms with Crippen molar-refractivity contribution in [3.63, 3.8) is 0 Å². The second-order valence-corrected chi connectivity index (χ2v) is 6.76. The average molecular weight is 368 g/mol. The van der Waals surface area contributed by atoms with E-state index in [9.17, 15) is 9.59 Å². The Kier molecular flexibility index (Phi) is 4.39. The Labute approximate surface area is 156 Å². The van der Waals surface area contributed by atoms with Gasteiger partial charge in [0.05, 0.1) is 5.69 Å². The summed E-state index contributed by atoms with van der Waals surface area (Å²) in [7, 11) is 0. The summed E-state index contributed by atoms with van der Waals surface area (Å²) in [5.74, 6) is -0.244. The van der Waals surface area contributed by atoms with Crippen molar-refractivity contribution >= 4 is 34.8 Å². The minimum atomic E-state index is -0.122. The van der Waals surface area contributed by atoms with E-state index in [1.54, 1.807) is 35.2 Å². The molecule has 6 heteroatoms. The first kappa shape index (κ1) is 16.7. The highest BCUT2D eigenvalue weighted by Crippen LogP contribution is 2.28. The standard InChI is InChI=1S/C20H18ClN3O2/c21-15-7-9-16(10-8-15)24-19(25)12-11-17(22-24)20(26)23-13-3-5-14-4-1-2-6-18(14)23/h1-2,4,6-11,22H,3,5,12-13H2.